The van der Waals surface area contributed by atoms with Crippen molar-refractivity contribution in [2.45, 2.75) is 13.3 Å². The SMILES string of the molecule is CCc1cc(C(=O)Oc2ccc(OC)cc2)c(-c2ccc([N+](=O)[O-])cc2)[nH]1. The number of nitro groups is 1. The van der Waals surface area contributed by atoms with Gasteiger partial charge >= 0.3 is 5.97 Å². The fourth-order valence-corrected chi connectivity index (χ4v) is 2.65. The molecule has 0 spiro atoms. The number of H-pyrrole nitrogens is 1. The first-order valence-corrected chi connectivity index (χ1v) is 8.34. The van der Waals surface area contributed by atoms with E-state index in [0.29, 0.717) is 34.7 Å². The molecule has 0 aliphatic carbocycles. The minimum absolute atomic E-state index is 0.0108. The van der Waals surface area contributed by atoms with E-state index in [4.69, 9.17) is 9.47 Å². The molecule has 0 aliphatic rings. The molecule has 138 valence electrons. The summed E-state index contributed by atoms with van der Waals surface area (Å²) in [6.07, 6.45) is 0.704. The first-order chi connectivity index (χ1) is 13.0. The maximum Gasteiger partial charge on any atom is 0.345 e. The molecule has 0 saturated carbocycles. The Hall–Kier alpha value is -3.61. The quantitative estimate of drug-likeness (QED) is 0.302. The summed E-state index contributed by atoms with van der Waals surface area (Å²) in [5, 5.41) is 10.8. The van der Waals surface area contributed by atoms with Crippen LogP contribution in [0.25, 0.3) is 11.3 Å². The summed E-state index contributed by atoms with van der Waals surface area (Å²) in [5.74, 6) is 0.551. The number of nitrogens with one attached hydrogen (secondary N) is 1. The van der Waals surface area contributed by atoms with Gasteiger partial charge in [0.05, 0.1) is 23.3 Å². The van der Waals surface area contributed by atoms with Gasteiger partial charge in [-0.2, -0.15) is 0 Å². The average Bonchev–Trinajstić information content (AvgIpc) is 3.13. The van der Waals surface area contributed by atoms with Gasteiger partial charge in [0.15, 0.2) is 0 Å². The van der Waals surface area contributed by atoms with E-state index in [0.717, 1.165) is 5.69 Å². The Balaban J connectivity index is 1.91. The number of nitro benzene ring substituents is 1. The topological polar surface area (TPSA) is 94.5 Å². The van der Waals surface area contributed by atoms with Crippen molar-refractivity contribution in [3.05, 3.63) is 76.0 Å². The van der Waals surface area contributed by atoms with Gasteiger partial charge in [-0.05, 0) is 54.4 Å². The Bertz CT molecular complexity index is 959. The number of benzene rings is 2. The molecule has 0 aliphatic heterocycles. The Kier molecular flexibility index (Phi) is 5.21. The molecule has 0 atom stereocenters. The number of rotatable bonds is 6. The monoisotopic (exact) mass is 366 g/mol. The van der Waals surface area contributed by atoms with Crippen molar-refractivity contribution >= 4 is 11.7 Å². The van der Waals surface area contributed by atoms with Gasteiger partial charge in [0.1, 0.15) is 11.5 Å². The van der Waals surface area contributed by atoms with E-state index in [1.807, 2.05) is 6.92 Å². The molecule has 1 N–H and O–H groups in total. The molecule has 0 unspecified atom stereocenters. The first-order valence-electron chi connectivity index (χ1n) is 8.34. The second-order valence-electron chi connectivity index (χ2n) is 5.81. The van der Waals surface area contributed by atoms with E-state index in [-0.39, 0.29) is 5.69 Å². The highest BCUT2D eigenvalue weighted by Crippen LogP contribution is 2.28. The van der Waals surface area contributed by atoms with Crippen molar-refractivity contribution in [3.63, 3.8) is 0 Å². The van der Waals surface area contributed by atoms with Crippen LogP contribution in [-0.2, 0) is 6.42 Å². The summed E-state index contributed by atoms with van der Waals surface area (Å²) >= 11 is 0. The average molecular weight is 366 g/mol. The molecule has 7 heteroatoms. The highest BCUT2D eigenvalue weighted by molar-refractivity contribution is 5.98. The fraction of sp³-hybridized carbons (Fsp3) is 0.150. The van der Waals surface area contributed by atoms with E-state index >= 15 is 0 Å². The van der Waals surface area contributed by atoms with Crippen LogP contribution in [0.3, 0.4) is 0 Å². The highest BCUT2D eigenvalue weighted by atomic mass is 16.6. The van der Waals surface area contributed by atoms with Crippen LogP contribution in [0.4, 0.5) is 5.69 Å². The number of aromatic nitrogens is 1. The summed E-state index contributed by atoms with van der Waals surface area (Å²) < 4.78 is 10.5. The zero-order valence-electron chi connectivity index (χ0n) is 14.9. The van der Waals surface area contributed by atoms with E-state index in [2.05, 4.69) is 4.98 Å². The van der Waals surface area contributed by atoms with Crippen LogP contribution in [-0.4, -0.2) is 23.0 Å². The number of hydrogen-bond donors (Lipinski definition) is 1. The molecule has 1 aromatic heterocycles. The molecule has 3 aromatic rings. The minimum Gasteiger partial charge on any atom is -0.497 e. The summed E-state index contributed by atoms with van der Waals surface area (Å²) in [6.45, 7) is 1.96. The normalized spacial score (nSPS) is 10.4. The second-order valence-corrected chi connectivity index (χ2v) is 5.81. The van der Waals surface area contributed by atoms with Crippen molar-refractivity contribution in [1.82, 2.24) is 4.98 Å². The zero-order chi connectivity index (χ0) is 19.4. The third-order valence-corrected chi connectivity index (χ3v) is 4.11. The van der Waals surface area contributed by atoms with Gasteiger partial charge in [0.25, 0.3) is 5.69 Å². The van der Waals surface area contributed by atoms with Crippen LogP contribution in [0.15, 0.2) is 54.6 Å². The van der Waals surface area contributed by atoms with E-state index in [1.54, 1.807) is 49.6 Å². The molecule has 1 heterocycles. The molecule has 2 aromatic carbocycles. The molecule has 0 amide bonds. The van der Waals surface area contributed by atoms with Gasteiger partial charge in [-0.25, -0.2) is 4.79 Å². The van der Waals surface area contributed by atoms with Gasteiger partial charge in [-0.3, -0.25) is 10.1 Å². The number of non-ortho nitro benzene ring substituents is 1. The Morgan fingerprint density at radius 1 is 1.07 bits per heavy atom. The van der Waals surface area contributed by atoms with E-state index in [1.165, 1.54) is 12.1 Å². The molecular formula is C20H18N2O5. The maximum atomic E-state index is 12.7. The second kappa shape index (κ2) is 7.74. The van der Waals surface area contributed by atoms with Crippen molar-refractivity contribution in [2.75, 3.05) is 7.11 Å². The number of nitrogens with zero attached hydrogens (tertiary/aromatic N) is 1. The van der Waals surface area contributed by atoms with E-state index < -0.39 is 10.9 Å². The smallest absolute Gasteiger partial charge is 0.345 e. The summed E-state index contributed by atoms with van der Waals surface area (Å²) in [4.78, 5) is 26.3. The van der Waals surface area contributed by atoms with Crippen LogP contribution in [0, 0.1) is 10.1 Å². The van der Waals surface area contributed by atoms with Crippen molar-refractivity contribution in [3.8, 4) is 22.8 Å². The summed E-state index contributed by atoms with van der Waals surface area (Å²) in [5.41, 5.74) is 2.46. The predicted molar refractivity (Wildman–Crippen MR) is 100 cm³/mol. The number of ether oxygens (including phenoxy) is 2. The third kappa shape index (κ3) is 3.98. The Morgan fingerprint density at radius 2 is 1.70 bits per heavy atom. The molecule has 7 nitrogen and oxygen atoms in total. The Labute approximate surface area is 155 Å². The maximum absolute atomic E-state index is 12.7. The van der Waals surface area contributed by atoms with Crippen LogP contribution in [0.5, 0.6) is 11.5 Å². The fourth-order valence-electron chi connectivity index (χ4n) is 2.65. The summed E-state index contributed by atoms with van der Waals surface area (Å²) in [6, 6.07) is 14.5. The lowest BCUT2D eigenvalue weighted by Crippen LogP contribution is -2.08. The van der Waals surface area contributed by atoms with Gasteiger partial charge < -0.3 is 14.5 Å². The molecular weight excluding hydrogens is 348 g/mol. The van der Waals surface area contributed by atoms with Gasteiger partial charge in [-0.1, -0.05) is 6.92 Å². The first kappa shape index (κ1) is 18.2. The number of esters is 1. The third-order valence-electron chi connectivity index (χ3n) is 4.11. The van der Waals surface area contributed by atoms with Crippen LogP contribution in [0.2, 0.25) is 0 Å². The zero-order valence-corrected chi connectivity index (χ0v) is 14.9. The van der Waals surface area contributed by atoms with Crippen LogP contribution in [0.1, 0.15) is 23.0 Å². The van der Waals surface area contributed by atoms with E-state index in [9.17, 15) is 14.9 Å². The molecule has 0 bridgehead atoms. The highest BCUT2D eigenvalue weighted by Gasteiger charge is 2.19. The predicted octanol–water partition coefficient (Wildman–Crippen LogP) is 4.38. The lowest BCUT2D eigenvalue weighted by atomic mass is 10.1. The Morgan fingerprint density at radius 3 is 2.26 bits per heavy atom. The number of methoxy groups -OCH3 is 1. The molecule has 3 rings (SSSR count). The number of aryl methyl sites for hydroxylation is 1. The summed E-state index contributed by atoms with van der Waals surface area (Å²) in [7, 11) is 1.56. The van der Waals surface area contributed by atoms with Crippen LogP contribution >= 0.6 is 0 Å². The largest absolute Gasteiger partial charge is 0.497 e. The molecule has 0 fully saturated rings. The van der Waals surface area contributed by atoms with Crippen molar-refractivity contribution < 1.29 is 19.2 Å². The van der Waals surface area contributed by atoms with Crippen LogP contribution < -0.4 is 9.47 Å². The number of carbonyl (C=O) groups excluding carboxylic acids is 1. The number of aromatic amines is 1. The lowest BCUT2D eigenvalue weighted by Gasteiger charge is -2.07. The number of hydrogen-bond acceptors (Lipinski definition) is 5. The van der Waals surface area contributed by atoms with Gasteiger partial charge in [0, 0.05) is 17.8 Å². The van der Waals surface area contributed by atoms with Crippen molar-refractivity contribution in [1.29, 1.82) is 0 Å². The lowest BCUT2D eigenvalue weighted by molar-refractivity contribution is -0.384. The molecule has 27 heavy (non-hydrogen) atoms. The van der Waals surface area contributed by atoms with Gasteiger partial charge in [0.2, 0.25) is 0 Å². The minimum atomic E-state index is -0.510. The molecule has 0 radical (unpaired) electrons. The van der Waals surface area contributed by atoms with Gasteiger partial charge in [-0.15, -0.1) is 0 Å². The molecule has 0 saturated heterocycles. The van der Waals surface area contributed by atoms with Crippen molar-refractivity contribution in [2.24, 2.45) is 0 Å². The standard InChI is InChI=1S/C20H18N2O5/c1-3-14-12-18(20(23)27-17-10-8-16(26-2)9-11-17)19(21-14)13-4-6-15(7-5-13)22(24)25/h4-12,21H,3H2,1-2H3. The number of carbonyl (C=O) groups is 1.